The van der Waals surface area contributed by atoms with Crippen LogP contribution >= 0.6 is 12.4 Å². The molecule has 0 saturated carbocycles. The van der Waals surface area contributed by atoms with Crippen molar-refractivity contribution in [2.75, 3.05) is 6.79 Å². The van der Waals surface area contributed by atoms with Crippen LogP contribution in [0.4, 0.5) is 0 Å². The third kappa shape index (κ3) is 2.06. The van der Waals surface area contributed by atoms with E-state index in [1.807, 2.05) is 12.1 Å². The number of nitrogens with two attached hydrogens (primary N) is 2. The molecule has 3 rings (SSSR count). The van der Waals surface area contributed by atoms with Crippen LogP contribution in [0.5, 0.6) is 11.5 Å². The van der Waals surface area contributed by atoms with E-state index in [1.54, 1.807) is 0 Å². The topological polar surface area (TPSA) is 95.2 Å². The molecule has 0 radical (unpaired) electrons. The summed E-state index contributed by atoms with van der Waals surface area (Å²) in [4.78, 5) is 0. The Bertz CT molecular complexity index is 538. The van der Waals surface area contributed by atoms with E-state index in [9.17, 15) is 0 Å². The zero-order valence-corrected chi connectivity index (χ0v) is 10.4. The molecule has 1 aromatic carbocycles. The van der Waals surface area contributed by atoms with Crippen LogP contribution in [0.3, 0.4) is 0 Å². The van der Waals surface area contributed by atoms with Gasteiger partial charge in [0.15, 0.2) is 11.5 Å². The average Bonchev–Trinajstić information content (AvgIpc) is 2.88. The van der Waals surface area contributed by atoms with Gasteiger partial charge < -0.3 is 20.9 Å². The lowest BCUT2D eigenvalue weighted by Crippen LogP contribution is -2.22. The third-order valence-electron chi connectivity index (χ3n) is 2.83. The lowest BCUT2D eigenvalue weighted by molar-refractivity contribution is 0.174. The highest BCUT2D eigenvalue weighted by molar-refractivity contribution is 6.05. The molecule has 1 aliphatic heterocycles. The molecule has 6 nitrogen and oxygen atoms in total. The molecule has 0 amide bonds. The molecule has 0 aromatic heterocycles. The highest BCUT2D eigenvalue weighted by atomic mass is 35.5. The molecule has 1 aromatic rings. The molecule has 0 atom stereocenters. The van der Waals surface area contributed by atoms with Gasteiger partial charge in [-0.25, -0.2) is 0 Å². The van der Waals surface area contributed by atoms with Crippen molar-refractivity contribution in [2.45, 2.75) is 12.8 Å². The molecular weight excluding hydrogens is 256 g/mol. The number of hydrogen-bond acceptors (Lipinski definition) is 4. The number of nitrogens with zero attached hydrogens (tertiary/aromatic N) is 2. The lowest BCUT2D eigenvalue weighted by Gasteiger charge is -2.01. The quantitative estimate of drug-likeness (QED) is 0.447. The molecule has 0 spiro atoms. The van der Waals surface area contributed by atoms with Crippen LogP contribution in [0, 0.1) is 0 Å². The number of aryl methyl sites for hydroxylation is 1. The number of guanidine groups is 1. The SMILES string of the molecule is Cl.NC(N)=NN=C1CCc2cc3c(cc21)OCO3. The van der Waals surface area contributed by atoms with Gasteiger partial charge in [0.05, 0.1) is 5.71 Å². The van der Waals surface area contributed by atoms with Gasteiger partial charge in [0, 0.05) is 5.56 Å². The summed E-state index contributed by atoms with van der Waals surface area (Å²) in [6.07, 6.45) is 1.75. The summed E-state index contributed by atoms with van der Waals surface area (Å²) in [6, 6.07) is 3.93. The summed E-state index contributed by atoms with van der Waals surface area (Å²) in [5.41, 5.74) is 13.6. The highest BCUT2D eigenvalue weighted by Gasteiger charge is 2.24. The summed E-state index contributed by atoms with van der Waals surface area (Å²) in [6.45, 7) is 0.276. The van der Waals surface area contributed by atoms with E-state index in [4.69, 9.17) is 20.9 Å². The maximum atomic E-state index is 5.34. The van der Waals surface area contributed by atoms with Gasteiger partial charge in [0.2, 0.25) is 12.8 Å². The van der Waals surface area contributed by atoms with E-state index in [0.29, 0.717) is 0 Å². The van der Waals surface area contributed by atoms with Crippen LogP contribution in [-0.4, -0.2) is 18.5 Å². The molecule has 1 heterocycles. The van der Waals surface area contributed by atoms with Crippen molar-refractivity contribution in [3.63, 3.8) is 0 Å². The standard InChI is InChI=1S/C11H12N4O2.ClH/c12-11(13)15-14-8-2-1-6-3-9-10(4-7(6)8)17-5-16-9;/h3-4H,1-2,5H2,(H4,12,13,15);1H. The van der Waals surface area contributed by atoms with Gasteiger partial charge in [-0.1, -0.05) is 0 Å². The Balaban J connectivity index is 0.00000120. The molecule has 0 bridgehead atoms. The van der Waals surface area contributed by atoms with Crippen LogP contribution < -0.4 is 20.9 Å². The Hall–Kier alpha value is -1.95. The molecular formula is C11H13ClN4O2. The Morgan fingerprint density at radius 1 is 1.11 bits per heavy atom. The van der Waals surface area contributed by atoms with Crippen molar-refractivity contribution in [1.82, 2.24) is 0 Å². The first-order valence-electron chi connectivity index (χ1n) is 5.32. The second kappa shape index (κ2) is 4.73. The largest absolute Gasteiger partial charge is 0.454 e. The van der Waals surface area contributed by atoms with Crippen molar-refractivity contribution in [1.29, 1.82) is 0 Å². The number of fused-ring (bicyclic) bond motifs is 2. The summed E-state index contributed by atoms with van der Waals surface area (Å²) in [5, 5.41) is 7.73. The zero-order valence-electron chi connectivity index (χ0n) is 9.55. The monoisotopic (exact) mass is 268 g/mol. The Kier molecular flexibility index (Phi) is 3.29. The van der Waals surface area contributed by atoms with E-state index in [-0.39, 0.29) is 25.2 Å². The number of ether oxygens (including phenoxy) is 2. The van der Waals surface area contributed by atoms with Gasteiger partial charge in [-0.2, -0.15) is 5.10 Å². The lowest BCUT2D eigenvalue weighted by atomic mass is 10.1. The third-order valence-corrected chi connectivity index (χ3v) is 2.83. The fourth-order valence-electron chi connectivity index (χ4n) is 2.07. The first-order valence-corrected chi connectivity index (χ1v) is 5.32. The van der Waals surface area contributed by atoms with Gasteiger partial charge in [0.25, 0.3) is 0 Å². The second-order valence-corrected chi connectivity index (χ2v) is 3.93. The minimum atomic E-state index is -0.0355. The minimum absolute atomic E-state index is 0. The van der Waals surface area contributed by atoms with Gasteiger partial charge in [-0.15, -0.1) is 17.5 Å². The molecule has 96 valence electrons. The first-order chi connectivity index (χ1) is 8.24. The maximum absolute atomic E-state index is 5.34. The number of halogens is 1. The Morgan fingerprint density at radius 2 is 1.83 bits per heavy atom. The van der Waals surface area contributed by atoms with Crippen LogP contribution in [0.25, 0.3) is 0 Å². The smallest absolute Gasteiger partial charge is 0.231 e. The molecule has 18 heavy (non-hydrogen) atoms. The van der Waals surface area contributed by atoms with Crippen LogP contribution in [0.1, 0.15) is 17.5 Å². The number of rotatable bonds is 1. The molecule has 0 fully saturated rings. The molecule has 7 heteroatoms. The molecule has 1 aliphatic carbocycles. The highest BCUT2D eigenvalue weighted by Crippen LogP contribution is 2.38. The van der Waals surface area contributed by atoms with Crippen molar-refractivity contribution < 1.29 is 9.47 Å². The van der Waals surface area contributed by atoms with E-state index in [2.05, 4.69) is 10.2 Å². The van der Waals surface area contributed by atoms with Crippen molar-refractivity contribution >= 4 is 24.1 Å². The molecule has 4 N–H and O–H groups in total. The Labute approximate surface area is 110 Å². The molecule has 0 unspecified atom stereocenters. The maximum Gasteiger partial charge on any atom is 0.231 e. The summed E-state index contributed by atoms with van der Waals surface area (Å²) < 4.78 is 10.7. The van der Waals surface area contributed by atoms with E-state index >= 15 is 0 Å². The van der Waals surface area contributed by atoms with Crippen molar-refractivity contribution in [3.05, 3.63) is 23.3 Å². The molecule has 0 saturated heterocycles. The van der Waals surface area contributed by atoms with Gasteiger partial charge in [-0.05, 0) is 30.5 Å². The van der Waals surface area contributed by atoms with Crippen molar-refractivity contribution in [3.8, 4) is 11.5 Å². The number of hydrogen-bond donors (Lipinski definition) is 2. The first kappa shape index (κ1) is 12.5. The fourth-order valence-corrected chi connectivity index (χ4v) is 2.07. The summed E-state index contributed by atoms with van der Waals surface area (Å²) in [7, 11) is 0. The van der Waals surface area contributed by atoms with E-state index < -0.39 is 0 Å². The van der Waals surface area contributed by atoms with Gasteiger partial charge in [-0.3, -0.25) is 0 Å². The summed E-state index contributed by atoms with van der Waals surface area (Å²) >= 11 is 0. The second-order valence-electron chi connectivity index (χ2n) is 3.93. The van der Waals surface area contributed by atoms with Gasteiger partial charge >= 0.3 is 0 Å². The van der Waals surface area contributed by atoms with E-state index in [0.717, 1.165) is 35.6 Å². The predicted molar refractivity (Wildman–Crippen MR) is 70.5 cm³/mol. The van der Waals surface area contributed by atoms with Crippen LogP contribution in [0.15, 0.2) is 22.3 Å². The van der Waals surface area contributed by atoms with Crippen LogP contribution in [-0.2, 0) is 6.42 Å². The normalized spacial score (nSPS) is 17.2. The predicted octanol–water partition coefficient (Wildman–Crippen LogP) is 0.761. The zero-order chi connectivity index (χ0) is 11.8. The minimum Gasteiger partial charge on any atom is -0.454 e. The molecule has 2 aliphatic rings. The van der Waals surface area contributed by atoms with Crippen LogP contribution in [0.2, 0.25) is 0 Å². The van der Waals surface area contributed by atoms with Crippen molar-refractivity contribution in [2.24, 2.45) is 21.7 Å². The fraction of sp³-hybridized carbons (Fsp3) is 0.273. The summed E-state index contributed by atoms with van der Waals surface area (Å²) in [5.74, 6) is 1.52. The van der Waals surface area contributed by atoms with E-state index in [1.165, 1.54) is 5.56 Å². The van der Waals surface area contributed by atoms with Gasteiger partial charge in [0.1, 0.15) is 0 Å². The average molecular weight is 269 g/mol. The Morgan fingerprint density at radius 3 is 2.56 bits per heavy atom. The number of benzene rings is 1.